The van der Waals surface area contributed by atoms with Crippen molar-refractivity contribution in [1.29, 1.82) is 0 Å². The highest BCUT2D eigenvalue weighted by molar-refractivity contribution is 6.12. The summed E-state index contributed by atoms with van der Waals surface area (Å²) in [6.07, 6.45) is 0. The van der Waals surface area contributed by atoms with E-state index in [-0.39, 0.29) is 5.63 Å². The van der Waals surface area contributed by atoms with Crippen molar-refractivity contribution >= 4 is 43.5 Å². The molecule has 0 aliphatic carbocycles. The largest absolute Gasteiger partial charge is 0.422 e. The van der Waals surface area contributed by atoms with Crippen LogP contribution < -0.4 is 5.63 Å². The summed E-state index contributed by atoms with van der Waals surface area (Å²) in [5.41, 5.74) is 1.80. The van der Waals surface area contributed by atoms with Gasteiger partial charge in [-0.15, -0.1) is 0 Å². The first-order chi connectivity index (χ1) is 11.3. The fourth-order valence-electron chi connectivity index (χ4n) is 3.19. The zero-order valence-electron chi connectivity index (χ0n) is 12.1. The molecule has 0 unspecified atom stereocenters. The van der Waals surface area contributed by atoms with Crippen LogP contribution >= 0.6 is 0 Å². The van der Waals surface area contributed by atoms with Gasteiger partial charge in [-0.1, -0.05) is 42.5 Å². The molecule has 0 saturated carbocycles. The second-order valence-electron chi connectivity index (χ2n) is 5.62. The summed E-state index contributed by atoms with van der Waals surface area (Å²) in [6.45, 7) is 0. The van der Waals surface area contributed by atoms with Gasteiger partial charge in [-0.3, -0.25) is 0 Å². The third-order valence-electron chi connectivity index (χ3n) is 4.29. The number of benzene rings is 3. The molecule has 3 nitrogen and oxygen atoms in total. The van der Waals surface area contributed by atoms with Gasteiger partial charge in [0.05, 0.1) is 16.4 Å². The highest BCUT2D eigenvalue weighted by Gasteiger charge is 2.11. The molecule has 2 aromatic heterocycles. The number of rotatable bonds is 0. The number of hydrogen-bond acceptors (Lipinski definition) is 3. The molecule has 0 fully saturated rings. The zero-order valence-corrected chi connectivity index (χ0v) is 12.1. The van der Waals surface area contributed by atoms with Crippen LogP contribution in [0.2, 0.25) is 0 Å². The highest BCUT2D eigenvalue weighted by Crippen LogP contribution is 2.29. The Morgan fingerprint density at radius 1 is 0.739 bits per heavy atom. The van der Waals surface area contributed by atoms with Gasteiger partial charge >= 0.3 is 5.63 Å². The van der Waals surface area contributed by atoms with Gasteiger partial charge < -0.3 is 4.42 Å². The molecule has 23 heavy (non-hydrogen) atoms. The minimum atomic E-state index is -0.346. The van der Waals surface area contributed by atoms with Crippen LogP contribution in [0.1, 0.15) is 0 Å². The average molecular weight is 297 g/mol. The van der Waals surface area contributed by atoms with Crippen molar-refractivity contribution in [3.63, 3.8) is 0 Å². The Kier molecular flexibility index (Phi) is 2.36. The van der Waals surface area contributed by atoms with E-state index >= 15 is 0 Å². The Morgan fingerprint density at radius 3 is 2.43 bits per heavy atom. The number of nitrogens with zero attached hydrogens (tertiary/aromatic N) is 1. The van der Waals surface area contributed by atoms with Gasteiger partial charge in [0, 0.05) is 10.8 Å². The van der Waals surface area contributed by atoms with E-state index in [1.54, 1.807) is 6.07 Å². The third-order valence-corrected chi connectivity index (χ3v) is 4.29. The summed E-state index contributed by atoms with van der Waals surface area (Å²) >= 11 is 0. The van der Waals surface area contributed by atoms with Crippen molar-refractivity contribution in [1.82, 2.24) is 4.98 Å². The summed E-state index contributed by atoms with van der Waals surface area (Å²) in [5.74, 6) is 0. The first-order valence-electron chi connectivity index (χ1n) is 7.45. The molecule has 0 spiro atoms. The van der Waals surface area contributed by atoms with E-state index in [0.29, 0.717) is 16.5 Å². The van der Waals surface area contributed by atoms with Crippen molar-refractivity contribution in [2.24, 2.45) is 0 Å². The maximum atomic E-state index is 12.4. The SMILES string of the molecule is O=c1oc2ccccc2c2nc3ccc4ccccc4c3cc12. The monoisotopic (exact) mass is 297 g/mol. The zero-order chi connectivity index (χ0) is 15.4. The van der Waals surface area contributed by atoms with Crippen molar-refractivity contribution in [2.75, 3.05) is 0 Å². The molecular weight excluding hydrogens is 286 g/mol. The Labute approximate surface area is 130 Å². The number of para-hydroxylation sites is 1. The summed E-state index contributed by atoms with van der Waals surface area (Å²) in [7, 11) is 0. The molecule has 3 heteroatoms. The molecule has 0 amide bonds. The highest BCUT2D eigenvalue weighted by atomic mass is 16.4. The Bertz CT molecular complexity index is 1290. The summed E-state index contributed by atoms with van der Waals surface area (Å²) < 4.78 is 5.44. The molecule has 5 aromatic rings. The number of aromatic nitrogens is 1. The normalized spacial score (nSPS) is 11.7. The van der Waals surface area contributed by atoms with Crippen LogP contribution in [0, 0.1) is 0 Å². The predicted octanol–water partition coefficient (Wildman–Crippen LogP) is 4.65. The fraction of sp³-hybridized carbons (Fsp3) is 0. The van der Waals surface area contributed by atoms with Gasteiger partial charge in [0.1, 0.15) is 5.58 Å². The van der Waals surface area contributed by atoms with Crippen molar-refractivity contribution in [3.05, 3.63) is 77.2 Å². The van der Waals surface area contributed by atoms with E-state index < -0.39 is 0 Å². The van der Waals surface area contributed by atoms with E-state index in [4.69, 9.17) is 9.40 Å². The Balaban J connectivity index is 2.07. The van der Waals surface area contributed by atoms with E-state index in [1.165, 1.54) is 0 Å². The Morgan fingerprint density at radius 2 is 1.52 bits per heavy atom. The topological polar surface area (TPSA) is 43.1 Å². The molecule has 3 aromatic carbocycles. The van der Waals surface area contributed by atoms with Gasteiger partial charge in [0.25, 0.3) is 0 Å². The van der Waals surface area contributed by atoms with Crippen LogP contribution in [0.3, 0.4) is 0 Å². The smallest absolute Gasteiger partial charge is 0.345 e. The van der Waals surface area contributed by atoms with Crippen molar-refractivity contribution < 1.29 is 4.42 Å². The van der Waals surface area contributed by atoms with E-state index in [0.717, 1.165) is 27.1 Å². The molecule has 2 heterocycles. The van der Waals surface area contributed by atoms with Crippen molar-refractivity contribution in [3.8, 4) is 0 Å². The second kappa shape index (κ2) is 4.40. The lowest BCUT2D eigenvalue weighted by molar-refractivity contribution is 0.569. The molecule has 0 radical (unpaired) electrons. The molecule has 108 valence electrons. The van der Waals surface area contributed by atoms with Crippen LogP contribution in [-0.2, 0) is 0 Å². The molecule has 0 bridgehead atoms. The lowest BCUT2D eigenvalue weighted by Gasteiger charge is -2.06. The molecule has 0 saturated heterocycles. The molecular formula is C20H11NO2. The minimum absolute atomic E-state index is 0.346. The van der Waals surface area contributed by atoms with Crippen LogP contribution in [0.4, 0.5) is 0 Å². The minimum Gasteiger partial charge on any atom is -0.422 e. The first kappa shape index (κ1) is 12.4. The number of hydrogen-bond donors (Lipinski definition) is 0. The standard InChI is InChI=1S/C20H11NO2/c22-20-16-11-15-13-6-2-1-5-12(13)9-10-17(15)21-19(16)14-7-3-4-8-18(14)23-20/h1-11H. The summed E-state index contributed by atoms with van der Waals surface area (Å²) in [6, 6.07) is 21.6. The van der Waals surface area contributed by atoms with Crippen molar-refractivity contribution in [2.45, 2.75) is 0 Å². The van der Waals surface area contributed by atoms with Gasteiger partial charge in [0.2, 0.25) is 0 Å². The predicted molar refractivity (Wildman–Crippen MR) is 92.8 cm³/mol. The van der Waals surface area contributed by atoms with Gasteiger partial charge in [-0.05, 0) is 35.0 Å². The lowest BCUT2D eigenvalue weighted by atomic mass is 10.0. The lowest BCUT2D eigenvalue weighted by Crippen LogP contribution is -2.01. The molecule has 0 atom stereocenters. The van der Waals surface area contributed by atoms with Crippen LogP contribution in [-0.4, -0.2) is 4.98 Å². The van der Waals surface area contributed by atoms with Gasteiger partial charge in [-0.25, -0.2) is 9.78 Å². The third kappa shape index (κ3) is 1.70. The Hall–Kier alpha value is -3.20. The number of fused-ring (bicyclic) bond motifs is 6. The molecule has 5 rings (SSSR count). The fourth-order valence-corrected chi connectivity index (χ4v) is 3.19. The first-order valence-corrected chi connectivity index (χ1v) is 7.45. The summed E-state index contributed by atoms with van der Waals surface area (Å²) in [4.78, 5) is 17.1. The molecule has 0 aliphatic heterocycles. The van der Waals surface area contributed by atoms with E-state index in [9.17, 15) is 4.79 Å². The quantitative estimate of drug-likeness (QED) is 0.237. The van der Waals surface area contributed by atoms with Crippen LogP contribution in [0.15, 0.2) is 75.9 Å². The van der Waals surface area contributed by atoms with Crippen LogP contribution in [0.5, 0.6) is 0 Å². The summed E-state index contributed by atoms with van der Waals surface area (Å²) in [5, 5.41) is 4.57. The molecule has 0 N–H and O–H groups in total. The maximum Gasteiger partial charge on any atom is 0.345 e. The van der Waals surface area contributed by atoms with E-state index in [1.807, 2.05) is 48.5 Å². The maximum absolute atomic E-state index is 12.4. The van der Waals surface area contributed by atoms with Gasteiger partial charge in [0.15, 0.2) is 0 Å². The second-order valence-corrected chi connectivity index (χ2v) is 5.62. The van der Waals surface area contributed by atoms with E-state index in [2.05, 4.69) is 12.1 Å². The average Bonchev–Trinajstić information content (AvgIpc) is 2.60. The molecule has 0 aliphatic rings. The van der Waals surface area contributed by atoms with Gasteiger partial charge in [-0.2, -0.15) is 0 Å². The number of pyridine rings is 1. The van der Waals surface area contributed by atoms with Crippen LogP contribution in [0.25, 0.3) is 43.5 Å².